The molecule has 0 aromatic heterocycles. The van der Waals surface area contributed by atoms with Gasteiger partial charge in [-0.1, -0.05) is 49.6 Å². The fourth-order valence-corrected chi connectivity index (χ4v) is 2.44. The molecule has 1 nitrogen and oxygen atoms in total. The zero-order chi connectivity index (χ0) is 12.2. The topological polar surface area (TPSA) is 9.23 Å². The molecule has 0 heterocycles. The van der Waals surface area contributed by atoms with Crippen LogP contribution in [0, 0.1) is 0 Å². The predicted octanol–water partition coefficient (Wildman–Crippen LogP) is 4.32. The van der Waals surface area contributed by atoms with Crippen LogP contribution in [0.5, 0.6) is 0 Å². The summed E-state index contributed by atoms with van der Waals surface area (Å²) in [6, 6.07) is 10.2. The van der Waals surface area contributed by atoms with Crippen LogP contribution >= 0.6 is 0 Å². The van der Waals surface area contributed by atoms with Gasteiger partial charge in [-0.25, -0.2) is 0 Å². The van der Waals surface area contributed by atoms with Gasteiger partial charge in [-0.15, -0.1) is 0 Å². The molecule has 1 aromatic rings. The minimum Gasteiger partial charge on any atom is -0.407 e. The van der Waals surface area contributed by atoms with Crippen molar-refractivity contribution in [3.8, 4) is 0 Å². The van der Waals surface area contributed by atoms with Gasteiger partial charge in [-0.05, 0) is 30.8 Å². The van der Waals surface area contributed by atoms with E-state index in [9.17, 15) is 0 Å². The van der Waals surface area contributed by atoms with Crippen LogP contribution in [0.25, 0.3) is 0 Å². The molecular weight excluding hydrogens is 212 g/mol. The zero-order valence-electron chi connectivity index (χ0n) is 10.4. The van der Waals surface area contributed by atoms with Crippen molar-refractivity contribution in [2.75, 3.05) is 0 Å². The average Bonchev–Trinajstić information content (AvgIpc) is 2.25. The Morgan fingerprint density at radius 1 is 1.25 bits per heavy atom. The Kier molecular flexibility index (Phi) is 4.27. The summed E-state index contributed by atoms with van der Waals surface area (Å²) in [5, 5.41) is 0. The maximum absolute atomic E-state index is 6.14. The Morgan fingerprint density at radius 2 is 1.81 bits per heavy atom. The standard InChI is InChI=1S/C14H20OSi/c1-6-12(2)14(15-16(3,4)5)13-10-8-7-9-11-13/h6-11,14H,1-2H2,3-5H3. The molecule has 0 bridgehead atoms. The summed E-state index contributed by atoms with van der Waals surface area (Å²) in [5.41, 5.74) is 2.07. The minimum atomic E-state index is -1.59. The highest BCUT2D eigenvalue weighted by atomic mass is 28.4. The van der Waals surface area contributed by atoms with Gasteiger partial charge < -0.3 is 4.43 Å². The van der Waals surface area contributed by atoms with Crippen molar-refractivity contribution in [1.29, 1.82) is 0 Å². The molecule has 0 saturated heterocycles. The lowest BCUT2D eigenvalue weighted by Crippen LogP contribution is -2.28. The summed E-state index contributed by atoms with van der Waals surface area (Å²) >= 11 is 0. The summed E-state index contributed by atoms with van der Waals surface area (Å²) in [6.07, 6.45) is 1.73. The molecule has 1 rings (SSSR count). The third kappa shape index (κ3) is 3.80. The van der Waals surface area contributed by atoms with Gasteiger partial charge in [0.05, 0.1) is 6.10 Å². The van der Waals surface area contributed by atoms with E-state index in [1.165, 1.54) is 0 Å². The van der Waals surface area contributed by atoms with E-state index in [1.807, 2.05) is 18.2 Å². The summed E-state index contributed by atoms with van der Waals surface area (Å²) in [4.78, 5) is 0. The van der Waals surface area contributed by atoms with Gasteiger partial charge in [0.2, 0.25) is 0 Å². The van der Waals surface area contributed by atoms with Crippen LogP contribution in [-0.4, -0.2) is 8.32 Å². The molecule has 16 heavy (non-hydrogen) atoms. The Balaban J connectivity index is 2.97. The largest absolute Gasteiger partial charge is 0.407 e. The highest BCUT2D eigenvalue weighted by Crippen LogP contribution is 2.28. The van der Waals surface area contributed by atoms with E-state index in [2.05, 4.69) is 44.9 Å². The molecule has 0 aliphatic carbocycles. The maximum atomic E-state index is 6.14. The summed E-state index contributed by atoms with van der Waals surface area (Å²) in [5.74, 6) is 0. The Labute approximate surface area is 99.6 Å². The SMILES string of the molecule is C=CC(=C)C(O[Si](C)(C)C)c1ccccc1. The molecule has 0 spiro atoms. The van der Waals surface area contributed by atoms with Gasteiger partial charge in [-0.3, -0.25) is 0 Å². The lowest BCUT2D eigenvalue weighted by molar-refractivity contribution is 0.239. The molecule has 0 radical (unpaired) electrons. The first-order chi connectivity index (χ1) is 7.44. The Bertz CT molecular complexity index is 362. The van der Waals surface area contributed by atoms with E-state index in [4.69, 9.17) is 4.43 Å². The van der Waals surface area contributed by atoms with E-state index >= 15 is 0 Å². The molecular formula is C14H20OSi. The van der Waals surface area contributed by atoms with E-state index in [0.29, 0.717) is 0 Å². The van der Waals surface area contributed by atoms with Crippen LogP contribution in [0.4, 0.5) is 0 Å². The third-order valence-electron chi connectivity index (χ3n) is 2.17. The molecule has 0 aliphatic heterocycles. The molecule has 0 N–H and O–H groups in total. The van der Waals surface area contributed by atoms with E-state index < -0.39 is 8.32 Å². The third-order valence-corrected chi connectivity index (χ3v) is 3.12. The van der Waals surface area contributed by atoms with E-state index in [-0.39, 0.29) is 6.10 Å². The first-order valence-corrected chi connectivity index (χ1v) is 8.89. The van der Waals surface area contributed by atoms with Crippen molar-refractivity contribution in [3.05, 3.63) is 60.7 Å². The van der Waals surface area contributed by atoms with E-state index in [0.717, 1.165) is 11.1 Å². The second-order valence-electron chi connectivity index (χ2n) is 4.80. The highest BCUT2D eigenvalue weighted by molar-refractivity contribution is 6.69. The summed E-state index contributed by atoms with van der Waals surface area (Å²) < 4.78 is 6.14. The lowest BCUT2D eigenvalue weighted by Gasteiger charge is -2.27. The van der Waals surface area contributed by atoms with Crippen molar-refractivity contribution in [2.24, 2.45) is 0 Å². The van der Waals surface area contributed by atoms with Gasteiger partial charge in [0.1, 0.15) is 0 Å². The Hall–Kier alpha value is -1.12. The van der Waals surface area contributed by atoms with Gasteiger partial charge >= 0.3 is 0 Å². The molecule has 0 saturated carbocycles. The zero-order valence-corrected chi connectivity index (χ0v) is 11.4. The van der Waals surface area contributed by atoms with Crippen LogP contribution in [0.3, 0.4) is 0 Å². The molecule has 0 fully saturated rings. The number of hydrogen-bond acceptors (Lipinski definition) is 1. The number of benzene rings is 1. The van der Waals surface area contributed by atoms with Crippen LogP contribution in [-0.2, 0) is 4.43 Å². The second kappa shape index (κ2) is 5.28. The fraction of sp³-hybridized carbons (Fsp3) is 0.286. The van der Waals surface area contributed by atoms with Crippen LogP contribution in [0.15, 0.2) is 55.1 Å². The summed E-state index contributed by atoms with van der Waals surface area (Å²) in [6.45, 7) is 14.3. The fourth-order valence-electron chi connectivity index (χ4n) is 1.45. The van der Waals surface area contributed by atoms with Gasteiger partial charge in [0, 0.05) is 0 Å². The lowest BCUT2D eigenvalue weighted by atomic mass is 10.0. The minimum absolute atomic E-state index is 0.0506. The predicted molar refractivity (Wildman–Crippen MR) is 73.0 cm³/mol. The van der Waals surface area contributed by atoms with Gasteiger partial charge in [0.25, 0.3) is 0 Å². The van der Waals surface area contributed by atoms with Gasteiger partial charge in [0.15, 0.2) is 8.32 Å². The van der Waals surface area contributed by atoms with Crippen molar-refractivity contribution < 1.29 is 4.43 Å². The molecule has 1 atom stereocenters. The van der Waals surface area contributed by atoms with Crippen molar-refractivity contribution in [3.63, 3.8) is 0 Å². The summed E-state index contributed by atoms with van der Waals surface area (Å²) in [7, 11) is -1.59. The smallest absolute Gasteiger partial charge is 0.185 e. The quantitative estimate of drug-likeness (QED) is 0.542. The Morgan fingerprint density at radius 3 is 2.25 bits per heavy atom. The maximum Gasteiger partial charge on any atom is 0.185 e. The van der Waals surface area contributed by atoms with Crippen LogP contribution in [0.2, 0.25) is 19.6 Å². The normalized spacial score (nSPS) is 13.2. The van der Waals surface area contributed by atoms with Crippen molar-refractivity contribution in [1.82, 2.24) is 0 Å². The van der Waals surface area contributed by atoms with Gasteiger partial charge in [-0.2, -0.15) is 0 Å². The van der Waals surface area contributed by atoms with E-state index in [1.54, 1.807) is 6.08 Å². The van der Waals surface area contributed by atoms with Crippen molar-refractivity contribution >= 4 is 8.32 Å². The first kappa shape index (κ1) is 12.9. The van der Waals surface area contributed by atoms with Crippen molar-refractivity contribution in [2.45, 2.75) is 25.7 Å². The highest BCUT2D eigenvalue weighted by Gasteiger charge is 2.23. The first-order valence-electron chi connectivity index (χ1n) is 5.48. The number of rotatable bonds is 5. The molecule has 1 unspecified atom stereocenters. The molecule has 1 aromatic carbocycles. The molecule has 0 aliphatic rings. The molecule has 2 heteroatoms. The second-order valence-corrected chi connectivity index (χ2v) is 9.26. The monoisotopic (exact) mass is 232 g/mol. The van der Waals surface area contributed by atoms with Crippen LogP contribution < -0.4 is 0 Å². The van der Waals surface area contributed by atoms with Crippen LogP contribution in [0.1, 0.15) is 11.7 Å². The number of hydrogen-bond donors (Lipinski definition) is 0. The molecule has 0 amide bonds. The molecule has 86 valence electrons. The average molecular weight is 232 g/mol.